The zero-order chi connectivity index (χ0) is 22.7. The molecule has 0 radical (unpaired) electrons. The lowest BCUT2D eigenvalue weighted by Gasteiger charge is -2.23. The van der Waals surface area contributed by atoms with Crippen molar-refractivity contribution >= 4 is 50.8 Å². The largest absolute Gasteiger partial charge is 0.486 e. The molecule has 0 aliphatic heterocycles. The minimum Gasteiger partial charge on any atom is -0.486 e. The highest BCUT2D eigenvalue weighted by atomic mass is 35.5. The molecule has 2 heterocycles. The van der Waals surface area contributed by atoms with E-state index in [2.05, 4.69) is 15.2 Å². The third-order valence-electron chi connectivity index (χ3n) is 5.07. The van der Waals surface area contributed by atoms with E-state index in [9.17, 15) is 4.79 Å². The number of halogens is 1. The van der Waals surface area contributed by atoms with Crippen molar-refractivity contribution in [2.75, 3.05) is 12.8 Å². The molecule has 1 atom stereocenters. The number of hydrogen-bond donors (Lipinski definition) is 0. The number of amides is 1. The van der Waals surface area contributed by atoms with Crippen LogP contribution in [0.2, 0.25) is 5.02 Å². The van der Waals surface area contributed by atoms with Crippen molar-refractivity contribution in [3.63, 3.8) is 0 Å². The van der Waals surface area contributed by atoms with Crippen LogP contribution in [0, 0.1) is 0 Å². The van der Waals surface area contributed by atoms with Crippen molar-refractivity contribution in [2.24, 2.45) is 7.05 Å². The van der Waals surface area contributed by atoms with Crippen molar-refractivity contribution in [3.8, 4) is 5.75 Å². The number of rotatable bonds is 8. The molecule has 0 spiro atoms. The molecule has 0 N–H and O–H groups in total. The van der Waals surface area contributed by atoms with Gasteiger partial charge in [0, 0.05) is 19.1 Å². The molecule has 166 valence electrons. The molecule has 32 heavy (non-hydrogen) atoms. The lowest BCUT2D eigenvalue weighted by Crippen LogP contribution is -2.31. The van der Waals surface area contributed by atoms with E-state index in [1.807, 2.05) is 49.9 Å². The van der Waals surface area contributed by atoms with Gasteiger partial charge in [0.05, 0.1) is 22.0 Å². The minimum absolute atomic E-state index is 0.00344. The van der Waals surface area contributed by atoms with Crippen LogP contribution in [0.5, 0.6) is 5.75 Å². The first-order chi connectivity index (χ1) is 15.4. The first kappa shape index (κ1) is 22.6. The predicted molar refractivity (Wildman–Crippen MR) is 128 cm³/mol. The summed E-state index contributed by atoms with van der Waals surface area (Å²) in [5.74, 6) is 1.64. The summed E-state index contributed by atoms with van der Waals surface area (Å²) in [5.41, 5.74) is 0.960. The normalized spacial score (nSPS) is 12.1. The number of fused-ring (bicyclic) bond motifs is 1. The van der Waals surface area contributed by atoms with Gasteiger partial charge in [-0.05, 0) is 43.3 Å². The van der Waals surface area contributed by atoms with E-state index in [-0.39, 0.29) is 24.3 Å². The van der Waals surface area contributed by atoms with Crippen molar-refractivity contribution in [3.05, 3.63) is 64.4 Å². The Kier molecular flexibility index (Phi) is 6.98. The number of thiazole rings is 1. The van der Waals surface area contributed by atoms with Crippen molar-refractivity contribution in [1.82, 2.24) is 24.6 Å². The fraction of sp³-hybridized carbons (Fsp3) is 0.273. The molecular weight excluding hydrogens is 466 g/mol. The van der Waals surface area contributed by atoms with Crippen LogP contribution in [-0.4, -0.2) is 43.4 Å². The lowest BCUT2D eigenvalue weighted by atomic mass is 10.3. The average molecular weight is 488 g/mol. The van der Waals surface area contributed by atoms with Gasteiger partial charge in [-0.1, -0.05) is 35.5 Å². The van der Waals surface area contributed by atoms with Gasteiger partial charge in [-0.15, -0.1) is 21.5 Å². The van der Waals surface area contributed by atoms with E-state index in [1.54, 1.807) is 40.5 Å². The summed E-state index contributed by atoms with van der Waals surface area (Å²) in [5, 5.41) is 10.6. The molecule has 0 saturated carbocycles. The Morgan fingerprint density at radius 3 is 2.72 bits per heavy atom. The summed E-state index contributed by atoms with van der Waals surface area (Å²) in [6.45, 7) is 2.27. The number of thioether (sulfide) groups is 1. The second kappa shape index (κ2) is 9.89. The molecular formula is C22H22ClN5O2S2. The van der Waals surface area contributed by atoms with Crippen LogP contribution in [0.4, 0.5) is 0 Å². The second-order valence-corrected chi connectivity index (χ2v) is 9.63. The van der Waals surface area contributed by atoms with E-state index in [0.29, 0.717) is 21.8 Å². The number of nitrogens with zero attached hydrogens (tertiary/aromatic N) is 5. The lowest BCUT2D eigenvalue weighted by molar-refractivity contribution is -0.128. The molecule has 4 aromatic rings. The van der Waals surface area contributed by atoms with E-state index in [0.717, 1.165) is 15.2 Å². The third kappa shape index (κ3) is 5.06. The molecule has 4 rings (SSSR count). The van der Waals surface area contributed by atoms with Gasteiger partial charge in [0.1, 0.15) is 17.4 Å². The number of ether oxygens (including phenoxy) is 1. The van der Waals surface area contributed by atoms with Crippen LogP contribution in [0.25, 0.3) is 10.2 Å². The fourth-order valence-corrected chi connectivity index (χ4v) is 5.00. The Labute approximate surface area is 199 Å². The molecule has 1 amide bonds. The maximum atomic E-state index is 12.8. The summed E-state index contributed by atoms with van der Waals surface area (Å²) < 4.78 is 8.70. The molecule has 0 bridgehead atoms. The third-order valence-corrected chi connectivity index (χ3v) is 7.54. The van der Waals surface area contributed by atoms with Crippen LogP contribution in [-0.2, 0) is 18.4 Å². The smallest absolute Gasteiger partial charge is 0.233 e. The SMILES string of the molecule is C[C@H](c1nc2ccccc2s1)N(C)C(=O)CSc1nnc(COc2ccc(Cl)cc2)n1C. The second-order valence-electron chi connectivity index (χ2n) is 7.19. The van der Waals surface area contributed by atoms with Crippen LogP contribution in [0.1, 0.15) is 23.8 Å². The number of carbonyl (C=O) groups excluding carboxylic acids is 1. The molecule has 2 aromatic carbocycles. The molecule has 0 unspecified atom stereocenters. The maximum Gasteiger partial charge on any atom is 0.233 e. The summed E-state index contributed by atoms with van der Waals surface area (Å²) in [7, 11) is 3.67. The highest BCUT2D eigenvalue weighted by molar-refractivity contribution is 7.99. The van der Waals surface area contributed by atoms with Gasteiger partial charge < -0.3 is 14.2 Å². The number of carbonyl (C=O) groups is 1. The zero-order valence-electron chi connectivity index (χ0n) is 17.9. The van der Waals surface area contributed by atoms with Gasteiger partial charge in [0.15, 0.2) is 11.0 Å². The van der Waals surface area contributed by atoms with Crippen molar-refractivity contribution < 1.29 is 9.53 Å². The molecule has 0 aliphatic rings. The molecule has 0 aliphatic carbocycles. The van der Waals surface area contributed by atoms with Crippen LogP contribution in [0.15, 0.2) is 53.7 Å². The monoisotopic (exact) mass is 487 g/mol. The topological polar surface area (TPSA) is 73.1 Å². The highest BCUT2D eigenvalue weighted by Gasteiger charge is 2.21. The Balaban J connectivity index is 1.33. The van der Waals surface area contributed by atoms with Crippen molar-refractivity contribution in [1.29, 1.82) is 0 Å². The Bertz CT molecular complexity index is 1190. The van der Waals surface area contributed by atoms with Gasteiger partial charge >= 0.3 is 0 Å². The van der Waals surface area contributed by atoms with E-state index in [4.69, 9.17) is 16.3 Å². The maximum absolute atomic E-state index is 12.8. The van der Waals surface area contributed by atoms with Crippen LogP contribution in [0.3, 0.4) is 0 Å². The highest BCUT2D eigenvalue weighted by Crippen LogP contribution is 2.29. The van der Waals surface area contributed by atoms with Gasteiger partial charge in [0.25, 0.3) is 0 Å². The van der Waals surface area contributed by atoms with Crippen LogP contribution < -0.4 is 4.74 Å². The minimum atomic E-state index is -0.108. The zero-order valence-corrected chi connectivity index (χ0v) is 20.2. The first-order valence-corrected chi connectivity index (χ1v) is 12.1. The fourth-order valence-electron chi connectivity index (χ4n) is 2.95. The number of para-hydroxylation sites is 1. The molecule has 10 heteroatoms. The quantitative estimate of drug-likeness (QED) is 0.327. The molecule has 0 saturated heterocycles. The van der Waals surface area contributed by atoms with Gasteiger partial charge in [-0.3, -0.25) is 4.79 Å². The molecule has 2 aromatic heterocycles. The summed E-state index contributed by atoms with van der Waals surface area (Å²) in [6.07, 6.45) is 0. The van der Waals surface area contributed by atoms with E-state index in [1.165, 1.54) is 11.8 Å². The average Bonchev–Trinajstić information content (AvgIpc) is 3.39. The molecule has 0 fully saturated rings. The number of benzene rings is 2. The van der Waals surface area contributed by atoms with E-state index >= 15 is 0 Å². The Morgan fingerprint density at radius 1 is 1.22 bits per heavy atom. The summed E-state index contributed by atoms with van der Waals surface area (Å²) >= 11 is 8.86. The summed E-state index contributed by atoms with van der Waals surface area (Å²) in [6, 6.07) is 15.0. The predicted octanol–water partition coefficient (Wildman–Crippen LogP) is 4.97. The Morgan fingerprint density at radius 2 is 1.97 bits per heavy atom. The van der Waals surface area contributed by atoms with Gasteiger partial charge in [-0.2, -0.15) is 0 Å². The Hall–Kier alpha value is -2.62. The molecule has 7 nitrogen and oxygen atoms in total. The van der Waals surface area contributed by atoms with Gasteiger partial charge in [0.2, 0.25) is 5.91 Å². The summed E-state index contributed by atoms with van der Waals surface area (Å²) in [4.78, 5) is 19.2. The number of aromatic nitrogens is 4. The van der Waals surface area contributed by atoms with Gasteiger partial charge in [-0.25, -0.2) is 4.98 Å². The first-order valence-electron chi connectivity index (χ1n) is 9.93. The van der Waals surface area contributed by atoms with Crippen molar-refractivity contribution in [2.45, 2.75) is 24.7 Å². The van der Waals surface area contributed by atoms with E-state index < -0.39 is 0 Å². The van der Waals surface area contributed by atoms with Crippen LogP contribution >= 0.6 is 34.7 Å². The number of hydrogen-bond acceptors (Lipinski definition) is 7. The standard InChI is InChI=1S/C22H22ClN5O2S2/c1-14(21-24-17-6-4-5-7-18(17)32-21)27(2)20(29)13-31-22-26-25-19(28(22)3)12-30-16-10-8-15(23)9-11-16/h4-11,14H,12-13H2,1-3H3/t14-/m1/s1.